The number of nitrogens with one attached hydrogen (secondary N) is 2. The van der Waals surface area contributed by atoms with Gasteiger partial charge >= 0.3 is 0 Å². The minimum absolute atomic E-state index is 0.129. The van der Waals surface area contributed by atoms with E-state index in [0.717, 1.165) is 44.1 Å². The molecule has 0 saturated carbocycles. The molecule has 6 heteroatoms. The zero-order chi connectivity index (χ0) is 17.4. The van der Waals surface area contributed by atoms with Crippen molar-refractivity contribution in [3.63, 3.8) is 0 Å². The number of rotatable bonds is 6. The van der Waals surface area contributed by atoms with E-state index >= 15 is 0 Å². The fraction of sp³-hybridized carbons (Fsp3) is 0.444. The third-order valence-electron chi connectivity index (χ3n) is 4.05. The normalized spacial score (nSPS) is 15.6. The number of nitriles is 1. The molecule has 1 aliphatic rings. The average Bonchev–Trinajstić information content (AvgIpc) is 2.60. The van der Waals surface area contributed by atoms with Crippen molar-refractivity contribution < 1.29 is 14.4 Å². The van der Waals surface area contributed by atoms with Crippen molar-refractivity contribution >= 4 is 17.7 Å². The molecule has 1 fully saturated rings. The molecular formula is C18H25N4O2+. The maximum absolute atomic E-state index is 12.2. The van der Waals surface area contributed by atoms with E-state index in [2.05, 4.69) is 5.32 Å². The molecule has 1 amide bonds. The summed E-state index contributed by atoms with van der Waals surface area (Å²) in [6.07, 6.45) is 1.62. The SMILES string of the molecule is CN(C)c1ccc(/C=C(\C#N)C(=O)NCC[NH+]2CCOCC2)cc1. The van der Waals surface area contributed by atoms with Gasteiger partial charge in [0, 0.05) is 19.8 Å². The minimum Gasteiger partial charge on any atom is -0.378 e. The van der Waals surface area contributed by atoms with E-state index in [1.54, 1.807) is 6.08 Å². The molecule has 1 aliphatic heterocycles. The molecule has 0 bridgehead atoms. The lowest BCUT2D eigenvalue weighted by atomic mass is 10.1. The number of carbonyl (C=O) groups is 1. The van der Waals surface area contributed by atoms with Crippen molar-refractivity contribution in [1.82, 2.24) is 5.32 Å². The second kappa shape index (κ2) is 9.06. The predicted octanol–water partition coefficient (Wildman–Crippen LogP) is -0.309. The van der Waals surface area contributed by atoms with Crippen LogP contribution in [0.15, 0.2) is 29.8 Å². The Morgan fingerprint density at radius 2 is 2.00 bits per heavy atom. The van der Waals surface area contributed by atoms with Crippen LogP contribution in [0.1, 0.15) is 5.56 Å². The lowest BCUT2D eigenvalue weighted by Crippen LogP contribution is -3.14. The maximum atomic E-state index is 12.2. The van der Waals surface area contributed by atoms with Crippen molar-refractivity contribution in [3.05, 3.63) is 35.4 Å². The average molecular weight is 329 g/mol. The Kier molecular flexibility index (Phi) is 6.79. The quantitative estimate of drug-likeness (QED) is 0.555. The van der Waals surface area contributed by atoms with Gasteiger partial charge in [-0.3, -0.25) is 4.79 Å². The first-order valence-electron chi connectivity index (χ1n) is 8.19. The van der Waals surface area contributed by atoms with Crippen LogP contribution in [0.25, 0.3) is 6.08 Å². The molecule has 1 aromatic rings. The number of carbonyl (C=O) groups excluding carboxylic acids is 1. The molecule has 0 unspecified atom stereocenters. The lowest BCUT2D eigenvalue weighted by molar-refractivity contribution is -0.906. The van der Waals surface area contributed by atoms with Crippen LogP contribution in [-0.4, -0.2) is 59.4 Å². The number of ether oxygens (including phenoxy) is 1. The number of hydrogen-bond donors (Lipinski definition) is 2. The lowest BCUT2D eigenvalue weighted by Gasteiger charge is -2.23. The first-order valence-corrected chi connectivity index (χ1v) is 8.19. The number of amides is 1. The summed E-state index contributed by atoms with van der Waals surface area (Å²) in [6.45, 7) is 4.90. The number of anilines is 1. The Hall–Kier alpha value is -2.36. The standard InChI is InChI=1S/C18H24N4O2/c1-21(2)17-5-3-15(4-6-17)13-16(14-19)18(23)20-7-8-22-9-11-24-12-10-22/h3-6,13H,7-12H2,1-2H3,(H,20,23)/p+1/b16-13+. The Balaban J connectivity index is 1.89. The summed E-state index contributed by atoms with van der Waals surface area (Å²) in [4.78, 5) is 15.6. The summed E-state index contributed by atoms with van der Waals surface area (Å²) >= 11 is 0. The molecule has 1 aromatic carbocycles. The summed E-state index contributed by atoms with van der Waals surface area (Å²) in [5, 5.41) is 12.1. The van der Waals surface area contributed by atoms with Gasteiger partial charge in [0.05, 0.1) is 26.3 Å². The fourth-order valence-electron chi connectivity index (χ4n) is 2.54. The first kappa shape index (κ1) is 18.0. The van der Waals surface area contributed by atoms with E-state index in [1.807, 2.05) is 49.3 Å². The molecule has 24 heavy (non-hydrogen) atoms. The third-order valence-corrected chi connectivity index (χ3v) is 4.05. The molecule has 0 aliphatic carbocycles. The van der Waals surface area contributed by atoms with Gasteiger partial charge in [0.2, 0.25) is 0 Å². The molecule has 6 nitrogen and oxygen atoms in total. The number of benzene rings is 1. The van der Waals surface area contributed by atoms with Gasteiger partial charge in [-0.25, -0.2) is 0 Å². The molecule has 128 valence electrons. The zero-order valence-corrected chi connectivity index (χ0v) is 14.3. The highest BCUT2D eigenvalue weighted by molar-refractivity contribution is 6.01. The second-order valence-corrected chi connectivity index (χ2v) is 6.02. The van der Waals surface area contributed by atoms with Crippen LogP contribution in [0.5, 0.6) is 0 Å². The largest absolute Gasteiger partial charge is 0.378 e. The van der Waals surface area contributed by atoms with Gasteiger partial charge in [0.1, 0.15) is 24.7 Å². The summed E-state index contributed by atoms with van der Waals surface area (Å²) in [6, 6.07) is 9.71. The summed E-state index contributed by atoms with van der Waals surface area (Å²) in [5.74, 6) is -0.318. The molecule has 0 radical (unpaired) electrons. The van der Waals surface area contributed by atoms with E-state index in [0.29, 0.717) is 6.54 Å². The molecule has 0 aromatic heterocycles. The number of quaternary nitrogens is 1. The molecule has 2 N–H and O–H groups in total. The van der Waals surface area contributed by atoms with Gasteiger partial charge in [-0.2, -0.15) is 5.26 Å². The van der Waals surface area contributed by atoms with Gasteiger partial charge in [0.25, 0.3) is 5.91 Å². The molecule has 0 spiro atoms. The van der Waals surface area contributed by atoms with Crippen LogP contribution in [0.4, 0.5) is 5.69 Å². The van der Waals surface area contributed by atoms with Gasteiger partial charge in [-0.15, -0.1) is 0 Å². The summed E-state index contributed by atoms with van der Waals surface area (Å²) in [7, 11) is 3.94. The minimum atomic E-state index is -0.318. The molecular weight excluding hydrogens is 304 g/mol. The Morgan fingerprint density at radius 1 is 1.33 bits per heavy atom. The molecule has 1 heterocycles. The second-order valence-electron chi connectivity index (χ2n) is 6.02. The highest BCUT2D eigenvalue weighted by Gasteiger charge is 2.14. The Labute approximate surface area is 143 Å². The molecule has 2 rings (SSSR count). The smallest absolute Gasteiger partial charge is 0.262 e. The summed E-state index contributed by atoms with van der Waals surface area (Å²) < 4.78 is 5.31. The zero-order valence-electron chi connectivity index (χ0n) is 14.3. The fourth-order valence-corrected chi connectivity index (χ4v) is 2.54. The van der Waals surface area contributed by atoms with Crippen molar-refractivity contribution in [2.24, 2.45) is 0 Å². The maximum Gasteiger partial charge on any atom is 0.262 e. The van der Waals surface area contributed by atoms with Crippen molar-refractivity contribution in [2.75, 3.05) is 58.4 Å². The molecule has 1 saturated heterocycles. The topological polar surface area (TPSA) is 69.8 Å². The number of morpholine rings is 1. The van der Waals surface area contributed by atoms with E-state index in [1.165, 1.54) is 4.90 Å². The van der Waals surface area contributed by atoms with Gasteiger partial charge in [0.15, 0.2) is 0 Å². The van der Waals surface area contributed by atoms with Crippen LogP contribution < -0.4 is 15.1 Å². The van der Waals surface area contributed by atoms with Crippen molar-refractivity contribution in [2.45, 2.75) is 0 Å². The van der Waals surface area contributed by atoms with Crippen molar-refractivity contribution in [1.29, 1.82) is 5.26 Å². The highest BCUT2D eigenvalue weighted by atomic mass is 16.5. The van der Waals surface area contributed by atoms with E-state index in [4.69, 9.17) is 4.74 Å². The van der Waals surface area contributed by atoms with E-state index < -0.39 is 0 Å². The van der Waals surface area contributed by atoms with Gasteiger partial charge in [-0.05, 0) is 23.8 Å². The first-order chi connectivity index (χ1) is 11.6. The van der Waals surface area contributed by atoms with Crippen LogP contribution in [-0.2, 0) is 9.53 Å². The molecule has 0 atom stereocenters. The van der Waals surface area contributed by atoms with Crippen molar-refractivity contribution in [3.8, 4) is 6.07 Å². The monoisotopic (exact) mass is 329 g/mol. The summed E-state index contributed by atoms with van der Waals surface area (Å²) in [5.41, 5.74) is 2.04. The van der Waals surface area contributed by atoms with Crippen LogP contribution in [0.2, 0.25) is 0 Å². The number of nitrogens with zero attached hydrogens (tertiary/aromatic N) is 2. The number of hydrogen-bond acceptors (Lipinski definition) is 4. The van der Waals surface area contributed by atoms with Gasteiger partial charge < -0.3 is 19.9 Å². The van der Waals surface area contributed by atoms with Crippen LogP contribution in [0, 0.1) is 11.3 Å². The highest BCUT2D eigenvalue weighted by Crippen LogP contribution is 2.14. The van der Waals surface area contributed by atoms with Crippen LogP contribution in [0.3, 0.4) is 0 Å². The predicted molar refractivity (Wildman–Crippen MR) is 93.8 cm³/mol. The van der Waals surface area contributed by atoms with Crippen LogP contribution >= 0.6 is 0 Å². The Morgan fingerprint density at radius 3 is 2.58 bits per heavy atom. The van der Waals surface area contributed by atoms with E-state index in [-0.39, 0.29) is 11.5 Å². The van der Waals surface area contributed by atoms with Gasteiger partial charge in [-0.1, -0.05) is 12.1 Å². The third kappa shape index (κ3) is 5.37. The van der Waals surface area contributed by atoms with E-state index in [9.17, 15) is 10.1 Å². The Bertz CT molecular complexity index is 611.